The van der Waals surface area contributed by atoms with Crippen LogP contribution in [0.4, 0.5) is 8.78 Å². The first-order chi connectivity index (χ1) is 10.5. The number of benzene rings is 1. The zero-order valence-electron chi connectivity index (χ0n) is 13.4. The van der Waals surface area contributed by atoms with Crippen LogP contribution in [0.2, 0.25) is 0 Å². The molecule has 2 rings (SSSR count). The standard InChI is InChI=1S/C18H26F2O2/c1-3-16(17(19)20)18(21,13-7-5-4-6-8-13)14-9-11-15(22-2)12-10-14/h9-13,16-17,21H,3-8H2,1-2H3. The van der Waals surface area contributed by atoms with Gasteiger partial charge in [-0.3, -0.25) is 0 Å². The van der Waals surface area contributed by atoms with Gasteiger partial charge in [0.05, 0.1) is 13.0 Å². The summed E-state index contributed by atoms with van der Waals surface area (Å²) in [6, 6.07) is 6.94. The zero-order valence-corrected chi connectivity index (χ0v) is 13.4. The summed E-state index contributed by atoms with van der Waals surface area (Å²) in [4.78, 5) is 0. The number of aliphatic hydroxyl groups is 1. The number of halogens is 2. The topological polar surface area (TPSA) is 29.5 Å². The van der Waals surface area contributed by atoms with Crippen LogP contribution in [0.1, 0.15) is 51.0 Å². The average molecular weight is 312 g/mol. The Morgan fingerprint density at radius 3 is 2.23 bits per heavy atom. The molecule has 2 unspecified atom stereocenters. The van der Waals surface area contributed by atoms with Crippen LogP contribution in [0.15, 0.2) is 24.3 Å². The van der Waals surface area contributed by atoms with Crippen LogP contribution in [-0.4, -0.2) is 18.6 Å². The Labute approximate surface area is 131 Å². The monoisotopic (exact) mass is 312 g/mol. The second-order valence-corrected chi connectivity index (χ2v) is 6.24. The maximum absolute atomic E-state index is 13.6. The average Bonchev–Trinajstić information content (AvgIpc) is 2.55. The van der Waals surface area contributed by atoms with Crippen LogP contribution < -0.4 is 4.74 Å². The van der Waals surface area contributed by atoms with E-state index in [9.17, 15) is 13.9 Å². The van der Waals surface area contributed by atoms with Crippen molar-refractivity contribution in [2.45, 2.75) is 57.5 Å². The minimum atomic E-state index is -2.53. The first kappa shape index (κ1) is 17.2. The lowest BCUT2D eigenvalue weighted by Gasteiger charge is -2.44. The number of ether oxygens (including phenoxy) is 1. The van der Waals surface area contributed by atoms with Crippen molar-refractivity contribution in [1.82, 2.24) is 0 Å². The van der Waals surface area contributed by atoms with Gasteiger partial charge in [0.2, 0.25) is 6.43 Å². The molecule has 0 amide bonds. The fourth-order valence-corrected chi connectivity index (χ4v) is 3.83. The molecule has 0 aliphatic heterocycles. The Kier molecular flexibility index (Phi) is 5.79. The molecule has 1 aromatic carbocycles. The van der Waals surface area contributed by atoms with Crippen LogP contribution in [0.5, 0.6) is 5.75 Å². The van der Waals surface area contributed by atoms with Crippen molar-refractivity contribution in [3.8, 4) is 5.75 Å². The van der Waals surface area contributed by atoms with Crippen LogP contribution >= 0.6 is 0 Å². The molecule has 0 radical (unpaired) electrons. The second-order valence-electron chi connectivity index (χ2n) is 6.24. The zero-order chi connectivity index (χ0) is 16.2. The van der Waals surface area contributed by atoms with Gasteiger partial charge in [-0.25, -0.2) is 8.78 Å². The van der Waals surface area contributed by atoms with Crippen LogP contribution in [0.25, 0.3) is 0 Å². The van der Waals surface area contributed by atoms with E-state index in [4.69, 9.17) is 4.74 Å². The van der Waals surface area contributed by atoms with E-state index in [1.807, 2.05) is 0 Å². The summed E-state index contributed by atoms with van der Waals surface area (Å²) >= 11 is 0. The molecular formula is C18H26F2O2. The Hall–Kier alpha value is -1.16. The highest BCUT2D eigenvalue weighted by Crippen LogP contribution is 2.47. The summed E-state index contributed by atoms with van der Waals surface area (Å²) in [6.45, 7) is 1.73. The van der Waals surface area contributed by atoms with Gasteiger partial charge >= 0.3 is 0 Å². The molecule has 0 spiro atoms. The van der Waals surface area contributed by atoms with Gasteiger partial charge in [-0.1, -0.05) is 38.3 Å². The van der Waals surface area contributed by atoms with Gasteiger partial charge in [0.1, 0.15) is 11.4 Å². The summed E-state index contributed by atoms with van der Waals surface area (Å²) in [5, 5.41) is 11.4. The van der Waals surface area contributed by atoms with E-state index in [-0.39, 0.29) is 12.3 Å². The lowest BCUT2D eigenvalue weighted by molar-refractivity contribution is -0.136. The molecule has 1 fully saturated rings. The first-order valence-corrected chi connectivity index (χ1v) is 8.19. The van der Waals surface area contributed by atoms with Gasteiger partial charge in [-0.2, -0.15) is 0 Å². The fourth-order valence-electron chi connectivity index (χ4n) is 3.83. The molecule has 1 aliphatic carbocycles. The number of rotatable bonds is 6. The molecule has 22 heavy (non-hydrogen) atoms. The molecule has 4 heteroatoms. The second kappa shape index (κ2) is 7.40. The van der Waals surface area contributed by atoms with E-state index in [1.165, 1.54) is 0 Å². The largest absolute Gasteiger partial charge is 0.497 e. The molecule has 124 valence electrons. The molecule has 0 aromatic heterocycles. The summed E-state index contributed by atoms with van der Waals surface area (Å²) < 4.78 is 32.3. The van der Waals surface area contributed by atoms with E-state index in [0.29, 0.717) is 11.3 Å². The molecule has 2 nitrogen and oxygen atoms in total. The SMILES string of the molecule is CCC(C(F)F)C(O)(c1ccc(OC)cc1)C1CCCCC1. The van der Waals surface area contributed by atoms with E-state index in [1.54, 1.807) is 38.3 Å². The summed E-state index contributed by atoms with van der Waals surface area (Å²) in [7, 11) is 1.57. The highest BCUT2D eigenvalue weighted by atomic mass is 19.3. The number of hydrogen-bond donors (Lipinski definition) is 1. The van der Waals surface area contributed by atoms with Gasteiger partial charge in [0.15, 0.2) is 0 Å². The highest BCUT2D eigenvalue weighted by molar-refractivity contribution is 5.32. The maximum atomic E-state index is 13.6. The van der Waals surface area contributed by atoms with Crippen molar-refractivity contribution < 1.29 is 18.6 Å². The molecule has 1 aromatic rings. The van der Waals surface area contributed by atoms with Crippen LogP contribution in [0, 0.1) is 11.8 Å². The smallest absolute Gasteiger partial charge is 0.244 e. The number of methoxy groups -OCH3 is 1. The van der Waals surface area contributed by atoms with Crippen LogP contribution in [0.3, 0.4) is 0 Å². The van der Waals surface area contributed by atoms with Crippen molar-refractivity contribution in [3.05, 3.63) is 29.8 Å². The van der Waals surface area contributed by atoms with Gasteiger partial charge < -0.3 is 9.84 Å². The van der Waals surface area contributed by atoms with E-state index in [2.05, 4.69) is 0 Å². The molecule has 1 aliphatic rings. The molecule has 0 bridgehead atoms. The Morgan fingerprint density at radius 2 is 1.77 bits per heavy atom. The van der Waals surface area contributed by atoms with E-state index < -0.39 is 17.9 Å². The van der Waals surface area contributed by atoms with Crippen molar-refractivity contribution in [2.75, 3.05) is 7.11 Å². The Balaban J connectivity index is 2.42. The lowest BCUT2D eigenvalue weighted by atomic mass is 9.66. The third kappa shape index (κ3) is 3.27. The van der Waals surface area contributed by atoms with E-state index in [0.717, 1.165) is 32.1 Å². The molecule has 2 atom stereocenters. The third-order valence-corrected chi connectivity index (χ3v) is 5.09. The van der Waals surface area contributed by atoms with E-state index >= 15 is 0 Å². The fraction of sp³-hybridized carbons (Fsp3) is 0.667. The lowest BCUT2D eigenvalue weighted by Crippen LogP contribution is -2.46. The van der Waals surface area contributed by atoms with Gasteiger partial charge in [0, 0.05) is 0 Å². The molecule has 0 heterocycles. The third-order valence-electron chi connectivity index (χ3n) is 5.09. The quantitative estimate of drug-likeness (QED) is 0.821. The normalized spacial score (nSPS) is 20.6. The van der Waals surface area contributed by atoms with Crippen molar-refractivity contribution in [3.63, 3.8) is 0 Å². The molecule has 0 saturated heterocycles. The summed E-state index contributed by atoms with van der Waals surface area (Å²) in [5.41, 5.74) is -0.873. The van der Waals surface area contributed by atoms with Crippen molar-refractivity contribution in [1.29, 1.82) is 0 Å². The predicted octanol–water partition coefficient (Wildman–Crippen LogP) is 4.75. The first-order valence-electron chi connectivity index (χ1n) is 8.19. The molecular weight excluding hydrogens is 286 g/mol. The maximum Gasteiger partial charge on any atom is 0.244 e. The summed E-state index contributed by atoms with van der Waals surface area (Å²) in [6.07, 6.45) is 2.49. The number of hydrogen-bond acceptors (Lipinski definition) is 2. The van der Waals surface area contributed by atoms with Crippen LogP contribution in [-0.2, 0) is 5.60 Å². The predicted molar refractivity (Wildman–Crippen MR) is 83.3 cm³/mol. The van der Waals surface area contributed by atoms with Gasteiger partial charge in [-0.05, 0) is 42.9 Å². The highest BCUT2D eigenvalue weighted by Gasteiger charge is 2.48. The van der Waals surface area contributed by atoms with Crippen molar-refractivity contribution in [2.24, 2.45) is 11.8 Å². The van der Waals surface area contributed by atoms with Gasteiger partial charge in [-0.15, -0.1) is 0 Å². The molecule has 1 N–H and O–H groups in total. The molecule has 1 saturated carbocycles. The minimum absolute atomic E-state index is 0.103. The number of alkyl halides is 2. The summed E-state index contributed by atoms with van der Waals surface area (Å²) in [5.74, 6) is -0.475. The van der Waals surface area contributed by atoms with Gasteiger partial charge in [0.25, 0.3) is 0 Å². The minimum Gasteiger partial charge on any atom is -0.497 e. The Morgan fingerprint density at radius 1 is 1.18 bits per heavy atom. The van der Waals surface area contributed by atoms with Crippen molar-refractivity contribution >= 4 is 0 Å². The Bertz CT molecular complexity index is 455.